The number of nitrogens with one attached hydrogen (secondary N) is 1. The highest BCUT2D eigenvalue weighted by atomic mass is 16.2. The van der Waals surface area contributed by atoms with Gasteiger partial charge in [0, 0.05) is 42.9 Å². The predicted octanol–water partition coefficient (Wildman–Crippen LogP) is 3.28. The SMILES string of the molecule is Cn1cc(CCC(=O)Nc2ccc(CCO)cc2)c2ccccc21. The Morgan fingerprint density at radius 2 is 1.83 bits per heavy atom. The molecule has 0 aliphatic carbocycles. The molecule has 124 valence electrons. The van der Waals surface area contributed by atoms with Crippen molar-refractivity contribution in [2.24, 2.45) is 7.05 Å². The van der Waals surface area contributed by atoms with E-state index in [0.29, 0.717) is 12.8 Å². The molecule has 0 fully saturated rings. The lowest BCUT2D eigenvalue weighted by atomic mass is 10.1. The Morgan fingerprint density at radius 1 is 1.08 bits per heavy atom. The van der Waals surface area contributed by atoms with E-state index >= 15 is 0 Å². The zero-order valence-corrected chi connectivity index (χ0v) is 13.8. The van der Waals surface area contributed by atoms with Crippen molar-refractivity contribution < 1.29 is 9.90 Å². The Labute approximate surface area is 141 Å². The van der Waals surface area contributed by atoms with Gasteiger partial charge in [-0.25, -0.2) is 0 Å². The topological polar surface area (TPSA) is 54.3 Å². The smallest absolute Gasteiger partial charge is 0.224 e. The van der Waals surface area contributed by atoms with Crippen molar-refractivity contribution in [3.8, 4) is 0 Å². The Hall–Kier alpha value is -2.59. The summed E-state index contributed by atoms with van der Waals surface area (Å²) in [6.07, 6.45) is 3.90. The molecular formula is C20H22N2O2. The number of carbonyl (C=O) groups excluding carboxylic acids is 1. The Balaban J connectivity index is 1.60. The van der Waals surface area contributed by atoms with Gasteiger partial charge in [0.25, 0.3) is 0 Å². The largest absolute Gasteiger partial charge is 0.396 e. The molecule has 0 saturated heterocycles. The van der Waals surface area contributed by atoms with Gasteiger partial charge < -0.3 is 15.0 Å². The van der Waals surface area contributed by atoms with Crippen LogP contribution in [0.15, 0.2) is 54.7 Å². The second-order valence-corrected chi connectivity index (χ2v) is 6.00. The van der Waals surface area contributed by atoms with E-state index in [9.17, 15) is 4.79 Å². The van der Waals surface area contributed by atoms with Crippen LogP contribution in [0.25, 0.3) is 10.9 Å². The molecule has 0 aliphatic heterocycles. The standard InChI is InChI=1S/C20H22N2O2/c1-22-14-16(18-4-2-3-5-19(18)22)8-11-20(24)21-17-9-6-15(7-10-17)12-13-23/h2-7,9-10,14,23H,8,11-13H2,1H3,(H,21,24). The van der Waals surface area contributed by atoms with Gasteiger partial charge in [0.2, 0.25) is 5.91 Å². The number of hydrogen-bond donors (Lipinski definition) is 2. The summed E-state index contributed by atoms with van der Waals surface area (Å²) in [4.78, 5) is 12.2. The number of para-hydroxylation sites is 1. The number of amides is 1. The summed E-state index contributed by atoms with van der Waals surface area (Å²) in [6.45, 7) is 0.136. The van der Waals surface area contributed by atoms with Crippen LogP contribution in [0.4, 0.5) is 5.69 Å². The van der Waals surface area contributed by atoms with Gasteiger partial charge in [-0.1, -0.05) is 30.3 Å². The second kappa shape index (κ2) is 7.32. The van der Waals surface area contributed by atoms with Crippen molar-refractivity contribution in [3.05, 3.63) is 65.9 Å². The number of nitrogens with zero attached hydrogens (tertiary/aromatic N) is 1. The van der Waals surface area contributed by atoms with Crippen LogP contribution < -0.4 is 5.32 Å². The fraction of sp³-hybridized carbons (Fsp3) is 0.250. The van der Waals surface area contributed by atoms with E-state index in [4.69, 9.17) is 5.11 Å². The van der Waals surface area contributed by atoms with Crippen molar-refractivity contribution in [2.45, 2.75) is 19.3 Å². The van der Waals surface area contributed by atoms with Gasteiger partial charge in [0.15, 0.2) is 0 Å². The number of aromatic nitrogens is 1. The summed E-state index contributed by atoms with van der Waals surface area (Å²) in [5.74, 6) is 0.0119. The van der Waals surface area contributed by atoms with Crippen LogP contribution in [0.1, 0.15) is 17.5 Å². The van der Waals surface area contributed by atoms with E-state index in [-0.39, 0.29) is 12.5 Å². The third-order valence-electron chi connectivity index (χ3n) is 4.24. The highest BCUT2D eigenvalue weighted by Gasteiger charge is 2.09. The van der Waals surface area contributed by atoms with Crippen LogP contribution in [-0.2, 0) is 24.7 Å². The fourth-order valence-electron chi connectivity index (χ4n) is 2.98. The molecule has 24 heavy (non-hydrogen) atoms. The summed E-state index contributed by atoms with van der Waals surface area (Å²) in [6, 6.07) is 15.9. The number of hydrogen-bond acceptors (Lipinski definition) is 2. The molecule has 0 unspecified atom stereocenters. The lowest BCUT2D eigenvalue weighted by molar-refractivity contribution is -0.116. The molecule has 2 N–H and O–H groups in total. The molecule has 1 amide bonds. The van der Waals surface area contributed by atoms with Crippen LogP contribution in [-0.4, -0.2) is 22.2 Å². The van der Waals surface area contributed by atoms with E-state index in [1.807, 2.05) is 43.4 Å². The highest BCUT2D eigenvalue weighted by molar-refractivity contribution is 5.91. The average molecular weight is 322 g/mol. The summed E-state index contributed by atoms with van der Waals surface area (Å²) < 4.78 is 2.10. The van der Waals surface area contributed by atoms with Crippen LogP contribution in [0, 0.1) is 0 Å². The molecule has 1 heterocycles. The summed E-state index contributed by atoms with van der Waals surface area (Å²) >= 11 is 0. The molecule has 2 aromatic carbocycles. The van der Waals surface area contributed by atoms with Gasteiger partial charge in [0.05, 0.1) is 0 Å². The zero-order chi connectivity index (χ0) is 16.9. The van der Waals surface area contributed by atoms with Gasteiger partial charge >= 0.3 is 0 Å². The predicted molar refractivity (Wildman–Crippen MR) is 97.1 cm³/mol. The normalized spacial score (nSPS) is 10.9. The summed E-state index contributed by atoms with van der Waals surface area (Å²) in [5, 5.41) is 13.1. The molecule has 0 radical (unpaired) electrons. The number of fused-ring (bicyclic) bond motifs is 1. The quantitative estimate of drug-likeness (QED) is 0.732. The van der Waals surface area contributed by atoms with Crippen LogP contribution >= 0.6 is 0 Å². The maximum Gasteiger partial charge on any atom is 0.224 e. The molecule has 0 bridgehead atoms. The maximum absolute atomic E-state index is 12.2. The minimum atomic E-state index is 0.0119. The number of aryl methyl sites for hydroxylation is 2. The number of carbonyl (C=O) groups is 1. The van der Waals surface area contributed by atoms with Crippen molar-refractivity contribution in [3.63, 3.8) is 0 Å². The van der Waals surface area contributed by atoms with Gasteiger partial charge in [-0.15, -0.1) is 0 Å². The van der Waals surface area contributed by atoms with Gasteiger partial charge in [-0.2, -0.15) is 0 Å². The monoisotopic (exact) mass is 322 g/mol. The fourth-order valence-corrected chi connectivity index (χ4v) is 2.98. The van der Waals surface area contributed by atoms with E-state index < -0.39 is 0 Å². The number of rotatable bonds is 6. The van der Waals surface area contributed by atoms with Crippen molar-refractivity contribution in [1.29, 1.82) is 0 Å². The summed E-state index contributed by atoms with van der Waals surface area (Å²) in [5.41, 5.74) is 4.24. The highest BCUT2D eigenvalue weighted by Crippen LogP contribution is 2.21. The Kier molecular flexibility index (Phi) is 4.96. The molecule has 4 nitrogen and oxygen atoms in total. The second-order valence-electron chi connectivity index (χ2n) is 6.00. The third kappa shape index (κ3) is 3.66. The third-order valence-corrected chi connectivity index (χ3v) is 4.24. The minimum Gasteiger partial charge on any atom is -0.396 e. The van der Waals surface area contributed by atoms with Gasteiger partial charge in [0.1, 0.15) is 0 Å². The van der Waals surface area contributed by atoms with Crippen molar-refractivity contribution >= 4 is 22.5 Å². The van der Waals surface area contributed by atoms with Gasteiger partial charge in [-0.05, 0) is 42.2 Å². The molecule has 0 spiro atoms. The number of aliphatic hydroxyl groups is 1. The van der Waals surface area contributed by atoms with E-state index in [0.717, 1.165) is 17.7 Å². The average Bonchev–Trinajstić information content (AvgIpc) is 2.92. The van der Waals surface area contributed by atoms with Crippen molar-refractivity contribution in [1.82, 2.24) is 4.57 Å². The van der Waals surface area contributed by atoms with Gasteiger partial charge in [-0.3, -0.25) is 4.79 Å². The molecule has 0 aliphatic rings. The molecular weight excluding hydrogens is 300 g/mol. The molecule has 3 rings (SSSR count). The van der Waals surface area contributed by atoms with Crippen LogP contribution in [0.5, 0.6) is 0 Å². The Bertz CT molecular complexity index is 834. The number of benzene rings is 2. The van der Waals surface area contributed by atoms with Crippen LogP contribution in [0.2, 0.25) is 0 Å². The molecule has 4 heteroatoms. The first-order chi connectivity index (χ1) is 11.7. The first kappa shape index (κ1) is 16.3. The molecule has 0 atom stereocenters. The number of aliphatic hydroxyl groups excluding tert-OH is 1. The number of anilines is 1. The lowest BCUT2D eigenvalue weighted by Crippen LogP contribution is -2.12. The molecule has 0 saturated carbocycles. The maximum atomic E-state index is 12.2. The Morgan fingerprint density at radius 3 is 2.58 bits per heavy atom. The molecule has 1 aromatic heterocycles. The van der Waals surface area contributed by atoms with Crippen LogP contribution in [0.3, 0.4) is 0 Å². The molecule has 3 aromatic rings. The van der Waals surface area contributed by atoms with E-state index in [1.165, 1.54) is 16.5 Å². The minimum absolute atomic E-state index is 0.0119. The first-order valence-corrected chi connectivity index (χ1v) is 8.20. The van der Waals surface area contributed by atoms with E-state index in [1.54, 1.807) is 0 Å². The zero-order valence-electron chi connectivity index (χ0n) is 13.8. The van der Waals surface area contributed by atoms with E-state index in [2.05, 4.69) is 28.2 Å². The summed E-state index contributed by atoms with van der Waals surface area (Å²) in [7, 11) is 2.03. The van der Waals surface area contributed by atoms with Crippen molar-refractivity contribution in [2.75, 3.05) is 11.9 Å². The lowest BCUT2D eigenvalue weighted by Gasteiger charge is -2.06. The first-order valence-electron chi connectivity index (χ1n) is 8.20.